The van der Waals surface area contributed by atoms with Gasteiger partial charge in [-0.3, -0.25) is 14.4 Å². The normalized spacial score (nSPS) is 14.3. The van der Waals surface area contributed by atoms with Crippen LogP contribution in [0.2, 0.25) is 0 Å². The number of urea groups is 1. The lowest BCUT2D eigenvalue weighted by Crippen LogP contribution is -2.54. The zero-order valence-corrected chi connectivity index (χ0v) is 26.1. The highest BCUT2D eigenvalue weighted by atomic mass is 32.1. The second-order valence-corrected chi connectivity index (χ2v) is 11.7. The smallest absolute Gasteiger partial charge is 0.338 e. The number of benzene rings is 3. The topological polar surface area (TPSA) is 125 Å². The molecule has 2 heterocycles. The van der Waals surface area contributed by atoms with Crippen LogP contribution in [0.1, 0.15) is 47.1 Å². The second kappa shape index (κ2) is 13.1. The zero-order chi connectivity index (χ0) is 32.2. The maximum Gasteiger partial charge on any atom is 0.338 e. The molecule has 10 nitrogen and oxygen atoms in total. The number of anilines is 3. The van der Waals surface area contributed by atoms with Gasteiger partial charge in [-0.1, -0.05) is 42.5 Å². The van der Waals surface area contributed by atoms with Crippen molar-refractivity contribution in [3.05, 3.63) is 111 Å². The number of Topliss-reactive ketones (excluding diaryl/α,β-unsaturated/α-hetero) is 1. The van der Waals surface area contributed by atoms with Gasteiger partial charge in [-0.15, -0.1) is 11.3 Å². The van der Waals surface area contributed by atoms with Crippen LogP contribution < -0.4 is 20.4 Å². The van der Waals surface area contributed by atoms with Gasteiger partial charge in [0.15, 0.2) is 5.78 Å². The number of carbonyl (C=O) groups is 5. The van der Waals surface area contributed by atoms with Crippen LogP contribution in [0.3, 0.4) is 0 Å². The first kappa shape index (κ1) is 31.1. The molecule has 2 N–H and O–H groups in total. The molecule has 0 aliphatic carbocycles. The van der Waals surface area contributed by atoms with E-state index in [4.69, 9.17) is 4.74 Å². The summed E-state index contributed by atoms with van der Waals surface area (Å²) in [6, 6.07) is 18.7. The Kier molecular flexibility index (Phi) is 9.10. The Morgan fingerprint density at radius 1 is 0.889 bits per heavy atom. The summed E-state index contributed by atoms with van der Waals surface area (Å²) < 4.78 is 4.83. The Morgan fingerprint density at radius 3 is 2.36 bits per heavy atom. The molecule has 45 heavy (non-hydrogen) atoms. The minimum atomic E-state index is -1.23. The summed E-state index contributed by atoms with van der Waals surface area (Å²) in [4.78, 5) is 70.4. The fraction of sp³-hybridized carbons (Fsp3) is 0.206. The average molecular weight is 625 g/mol. The molecule has 0 spiro atoms. The number of amides is 4. The molecule has 1 aliphatic heterocycles. The lowest BCUT2D eigenvalue weighted by atomic mass is 10.0. The quantitative estimate of drug-likeness (QED) is 0.206. The molecule has 4 aromatic rings. The van der Waals surface area contributed by atoms with Gasteiger partial charge in [-0.25, -0.2) is 9.59 Å². The first-order valence-electron chi connectivity index (χ1n) is 14.2. The molecule has 1 aliphatic rings. The summed E-state index contributed by atoms with van der Waals surface area (Å²) in [6.07, 6.45) is 0. The highest BCUT2D eigenvalue weighted by Gasteiger charge is 2.38. The highest BCUT2D eigenvalue weighted by Crippen LogP contribution is 2.35. The monoisotopic (exact) mass is 624 g/mol. The van der Waals surface area contributed by atoms with Crippen LogP contribution in [0, 0.1) is 20.8 Å². The number of fused-ring (bicyclic) bond motifs is 1. The molecular weight excluding hydrogens is 592 g/mol. The van der Waals surface area contributed by atoms with Crippen molar-refractivity contribution in [3.63, 3.8) is 0 Å². The van der Waals surface area contributed by atoms with Crippen molar-refractivity contribution in [1.82, 2.24) is 5.32 Å². The van der Waals surface area contributed by atoms with Gasteiger partial charge in [0.05, 0.1) is 42.0 Å². The van der Waals surface area contributed by atoms with Gasteiger partial charge in [0.25, 0.3) is 11.8 Å². The molecule has 3 aromatic carbocycles. The Morgan fingerprint density at radius 2 is 1.64 bits per heavy atom. The predicted molar refractivity (Wildman–Crippen MR) is 173 cm³/mol. The first-order chi connectivity index (χ1) is 21.6. The summed E-state index contributed by atoms with van der Waals surface area (Å²) in [5, 5.41) is 7.16. The van der Waals surface area contributed by atoms with Crippen LogP contribution in [0.4, 0.5) is 21.9 Å². The van der Waals surface area contributed by atoms with Gasteiger partial charge in [-0.2, -0.15) is 0 Å². The summed E-state index contributed by atoms with van der Waals surface area (Å²) >= 11 is 1.26. The number of thiophene rings is 1. The number of hydrogen-bond donors (Lipinski definition) is 2. The molecule has 0 bridgehead atoms. The number of ketones is 1. The highest BCUT2D eigenvalue weighted by molar-refractivity contribution is 7.12. The molecule has 0 radical (unpaired) electrons. The molecule has 1 unspecified atom stereocenters. The van der Waals surface area contributed by atoms with Crippen LogP contribution in [0.15, 0.2) is 78.2 Å². The second-order valence-electron chi connectivity index (χ2n) is 10.7. The minimum Gasteiger partial charge on any atom is -0.465 e. The van der Waals surface area contributed by atoms with E-state index in [1.807, 2.05) is 32.0 Å². The third-order valence-electron chi connectivity index (χ3n) is 7.57. The molecule has 0 saturated carbocycles. The van der Waals surface area contributed by atoms with E-state index in [2.05, 4.69) is 10.6 Å². The number of hydrogen-bond acceptors (Lipinski definition) is 7. The van der Waals surface area contributed by atoms with Crippen molar-refractivity contribution in [2.45, 2.75) is 26.8 Å². The van der Waals surface area contributed by atoms with E-state index >= 15 is 0 Å². The van der Waals surface area contributed by atoms with Gasteiger partial charge < -0.3 is 25.2 Å². The van der Waals surface area contributed by atoms with Crippen molar-refractivity contribution in [2.24, 2.45) is 0 Å². The summed E-state index contributed by atoms with van der Waals surface area (Å²) in [5.74, 6) is -1.74. The number of aryl methyl sites for hydroxylation is 3. The van der Waals surface area contributed by atoms with Crippen LogP contribution in [-0.4, -0.2) is 55.8 Å². The fourth-order valence-corrected chi connectivity index (χ4v) is 5.88. The number of methoxy groups -OCH3 is 1. The largest absolute Gasteiger partial charge is 0.465 e. The molecular formula is C34H32N4O6S. The van der Waals surface area contributed by atoms with E-state index in [1.165, 1.54) is 34.3 Å². The fourth-order valence-electron chi connectivity index (χ4n) is 5.21. The number of esters is 1. The lowest BCUT2D eigenvalue weighted by molar-refractivity contribution is -0.119. The lowest BCUT2D eigenvalue weighted by Gasteiger charge is -2.25. The van der Waals surface area contributed by atoms with E-state index in [1.54, 1.807) is 60.8 Å². The van der Waals surface area contributed by atoms with E-state index < -0.39 is 23.9 Å². The van der Waals surface area contributed by atoms with Crippen molar-refractivity contribution in [2.75, 3.05) is 35.3 Å². The number of rotatable bonds is 7. The maximum atomic E-state index is 14.3. The molecule has 11 heteroatoms. The van der Waals surface area contributed by atoms with Gasteiger partial charge in [0, 0.05) is 11.3 Å². The Bertz CT molecular complexity index is 1800. The summed E-state index contributed by atoms with van der Waals surface area (Å²) in [7, 11) is 1.27. The molecule has 5 rings (SSSR count). The summed E-state index contributed by atoms with van der Waals surface area (Å²) in [5.41, 5.74) is 4.13. The number of carbonyl (C=O) groups excluding carboxylic acids is 5. The molecule has 0 fully saturated rings. The van der Waals surface area contributed by atoms with Gasteiger partial charge >= 0.3 is 12.0 Å². The van der Waals surface area contributed by atoms with Crippen LogP contribution in [0.25, 0.3) is 0 Å². The molecule has 230 valence electrons. The van der Waals surface area contributed by atoms with E-state index in [-0.39, 0.29) is 30.3 Å². The Balaban J connectivity index is 1.52. The molecule has 4 amide bonds. The van der Waals surface area contributed by atoms with Crippen molar-refractivity contribution < 1.29 is 28.7 Å². The third-order valence-corrected chi connectivity index (χ3v) is 8.43. The van der Waals surface area contributed by atoms with E-state index in [0.717, 1.165) is 11.1 Å². The van der Waals surface area contributed by atoms with Crippen molar-refractivity contribution in [3.8, 4) is 0 Å². The Labute approximate surface area is 264 Å². The van der Waals surface area contributed by atoms with Crippen LogP contribution in [0.5, 0.6) is 0 Å². The van der Waals surface area contributed by atoms with Gasteiger partial charge in [0.1, 0.15) is 6.04 Å². The minimum absolute atomic E-state index is 0.185. The SMILES string of the molecule is COC(=O)c1cc(NC(=O)NC2CN(C(=O)c3cccs3)c3ccc(C)cc3N(CC(=O)c3ccccc3C)C2=O)ccc1C. The zero-order valence-electron chi connectivity index (χ0n) is 25.2. The summed E-state index contributed by atoms with van der Waals surface area (Å²) in [6.45, 7) is 4.93. The number of nitrogens with zero attached hydrogens (tertiary/aromatic N) is 2. The standard InChI is InChI=1S/C34H32N4O6S/c1-20-11-14-27-28(16-20)38(19-29(39)24-9-6-5-8-21(24)2)31(40)26(18-37(27)32(41)30-10-7-15-45-30)36-34(43)35-23-13-12-22(3)25(17-23)33(42)44-4/h5-17,26H,18-19H2,1-4H3,(H2,35,36,43). The maximum absolute atomic E-state index is 14.3. The van der Waals surface area contributed by atoms with Crippen molar-refractivity contribution >= 4 is 58.0 Å². The van der Waals surface area contributed by atoms with E-state index in [9.17, 15) is 24.0 Å². The van der Waals surface area contributed by atoms with Crippen LogP contribution in [-0.2, 0) is 9.53 Å². The van der Waals surface area contributed by atoms with Gasteiger partial charge in [0.2, 0.25) is 0 Å². The van der Waals surface area contributed by atoms with Crippen molar-refractivity contribution in [1.29, 1.82) is 0 Å². The first-order valence-corrected chi connectivity index (χ1v) is 15.1. The number of nitrogens with one attached hydrogen (secondary N) is 2. The van der Waals surface area contributed by atoms with Gasteiger partial charge in [-0.05, 0) is 73.2 Å². The average Bonchev–Trinajstić information content (AvgIpc) is 3.54. The van der Waals surface area contributed by atoms with E-state index in [0.29, 0.717) is 33.1 Å². The Hall–Kier alpha value is -5.29. The van der Waals surface area contributed by atoms with Crippen LogP contribution >= 0.6 is 11.3 Å². The number of ether oxygens (including phenoxy) is 1. The third kappa shape index (κ3) is 6.63. The predicted octanol–water partition coefficient (Wildman–Crippen LogP) is 5.53. The molecule has 0 saturated heterocycles. The molecule has 1 aromatic heterocycles. The molecule has 1 atom stereocenters.